The zero-order chi connectivity index (χ0) is 28.2. The van der Waals surface area contributed by atoms with Crippen LogP contribution in [0.3, 0.4) is 0 Å². The summed E-state index contributed by atoms with van der Waals surface area (Å²) in [7, 11) is -2.89. The van der Waals surface area contributed by atoms with Crippen LogP contribution in [0.2, 0.25) is 0 Å². The summed E-state index contributed by atoms with van der Waals surface area (Å²) in [5.74, 6) is -4.55. The molecular formula is C26H27N3O8S2. The normalized spacial score (nSPS) is 13.7. The SMILES string of the molecule is CCOC(=O)Cn1c(=NC(=O)CS(=O)(=O)CC(=O)N2CCCc3ccccc32)sc2cc(C(=O)OC)ccc21. The summed E-state index contributed by atoms with van der Waals surface area (Å²) >= 11 is 0.999. The number of anilines is 1. The molecule has 1 aliphatic heterocycles. The number of para-hydroxylation sites is 1. The number of nitrogens with zero attached hydrogens (tertiary/aromatic N) is 3. The van der Waals surface area contributed by atoms with Crippen molar-refractivity contribution in [2.75, 3.05) is 36.7 Å². The maximum Gasteiger partial charge on any atom is 0.337 e. The van der Waals surface area contributed by atoms with Gasteiger partial charge in [-0.25, -0.2) is 13.2 Å². The lowest BCUT2D eigenvalue weighted by Gasteiger charge is -2.29. The monoisotopic (exact) mass is 573 g/mol. The van der Waals surface area contributed by atoms with E-state index in [-0.39, 0.29) is 23.5 Å². The highest BCUT2D eigenvalue weighted by atomic mass is 32.2. The van der Waals surface area contributed by atoms with Crippen molar-refractivity contribution in [3.05, 3.63) is 58.4 Å². The summed E-state index contributed by atoms with van der Waals surface area (Å²) < 4.78 is 37.3. The summed E-state index contributed by atoms with van der Waals surface area (Å²) in [4.78, 5) is 55.3. The number of aryl methyl sites for hydroxylation is 1. The Morgan fingerprint density at radius 2 is 1.85 bits per heavy atom. The fraction of sp³-hybridized carbons (Fsp3) is 0.346. The lowest BCUT2D eigenvalue weighted by molar-refractivity contribution is -0.143. The van der Waals surface area contributed by atoms with Crippen LogP contribution in [0.1, 0.15) is 29.3 Å². The van der Waals surface area contributed by atoms with Crippen molar-refractivity contribution in [1.29, 1.82) is 0 Å². The molecule has 2 aromatic carbocycles. The highest BCUT2D eigenvalue weighted by molar-refractivity contribution is 7.92. The first kappa shape index (κ1) is 28.2. The van der Waals surface area contributed by atoms with Crippen molar-refractivity contribution in [3.8, 4) is 0 Å². The first-order valence-corrected chi connectivity index (χ1v) is 14.8. The minimum absolute atomic E-state index is 0.0524. The van der Waals surface area contributed by atoms with E-state index in [2.05, 4.69) is 4.99 Å². The molecule has 0 bridgehead atoms. The van der Waals surface area contributed by atoms with Crippen LogP contribution in [0.4, 0.5) is 5.69 Å². The van der Waals surface area contributed by atoms with E-state index in [4.69, 9.17) is 9.47 Å². The molecule has 0 aliphatic carbocycles. The summed E-state index contributed by atoms with van der Waals surface area (Å²) in [6.07, 6.45) is 1.51. The number of sulfone groups is 1. The largest absolute Gasteiger partial charge is 0.465 e. The second-order valence-electron chi connectivity index (χ2n) is 8.77. The number of methoxy groups -OCH3 is 1. The van der Waals surface area contributed by atoms with E-state index in [0.717, 1.165) is 23.3 Å². The fourth-order valence-corrected chi connectivity index (χ4v) is 6.49. The van der Waals surface area contributed by atoms with E-state index in [0.29, 0.717) is 28.9 Å². The van der Waals surface area contributed by atoms with E-state index in [1.165, 1.54) is 28.7 Å². The van der Waals surface area contributed by atoms with Gasteiger partial charge in [-0.15, -0.1) is 0 Å². The molecule has 0 radical (unpaired) electrons. The number of amides is 2. The highest BCUT2D eigenvalue weighted by Crippen LogP contribution is 2.27. The Hall–Kier alpha value is -3.84. The molecule has 1 aliphatic rings. The Kier molecular flexibility index (Phi) is 8.60. The van der Waals surface area contributed by atoms with Crippen LogP contribution in [0.15, 0.2) is 47.5 Å². The van der Waals surface area contributed by atoms with Gasteiger partial charge in [0.1, 0.15) is 18.1 Å². The Morgan fingerprint density at radius 1 is 1.08 bits per heavy atom. The summed E-state index contributed by atoms with van der Waals surface area (Å²) in [6.45, 7) is 1.91. The van der Waals surface area contributed by atoms with Crippen molar-refractivity contribution in [1.82, 2.24) is 4.57 Å². The molecule has 0 N–H and O–H groups in total. The standard InChI is InChI=1S/C26H27N3O8S2/c1-3-37-24(32)14-29-20-11-10-18(25(33)36-2)13-21(20)38-26(29)27-22(30)15-39(34,35)16-23(31)28-12-6-8-17-7-4-5-9-19(17)28/h4-5,7,9-11,13H,3,6,8,12,14-16H2,1-2H3. The maximum absolute atomic E-state index is 12.9. The number of carbonyl (C=O) groups excluding carboxylic acids is 4. The quantitative estimate of drug-likeness (QED) is 0.372. The zero-order valence-electron chi connectivity index (χ0n) is 21.4. The maximum atomic E-state index is 12.9. The van der Waals surface area contributed by atoms with Gasteiger partial charge in [-0.1, -0.05) is 29.5 Å². The van der Waals surface area contributed by atoms with Crippen molar-refractivity contribution < 1.29 is 37.1 Å². The molecule has 13 heteroatoms. The molecule has 39 heavy (non-hydrogen) atoms. The molecule has 1 aromatic heterocycles. The second-order valence-corrected chi connectivity index (χ2v) is 11.8. The minimum Gasteiger partial charge on any atom is -0.465 e. The van der Waals surface area contributed by atoms with Crippen LogP contribution in [-0.4, -0.2) is 68.5 Å². The lowest BCUT2D eigenvalue weighted by Crippen LogP contribution is -2.40. The van der Waals surface area contributed by atoms with E-state index >= 15 is 0 Å². The van der Waals surface area contributed by atoms with Crippen LogP contribution >= 0.6 is 11.3 Å². The number of benzene rings is 2. The van der Waals surface area contributed by atoms with Crippen LogP contribution in [0, 0.1) is 0 Å². The van der Waals surface area contributed by atoms with E-state index in [9.17, 15) is 27.6 Å². The lowest BCUT2D eigenvalue weighted by atomic mass is 10.0. The number of rotatable bonds is 8. The number of fused-ring (bicyclic) bond motifs is 2. The fourth-order valence-electron chi connectivity index (χ4n) is 4.33. The van der Waals surface area contributed by atoms with Gasteiger partial charge >= 0.3 is 11.9 Å². The third-order valence-corrected chi connectivity index (χ3v) is 8.43. The molecule has 0 saturated heterocycles. The van der Waals surface area contributed by atoms with Crippen molar-refractivity contribution in [2.45, 2.75) is 26.3 Å². The van der Waals surface area contributed by atoms with E-state index < -0.39 is 45.1 Å². The van der Waals surface area contributed by atoms with Gasteiger partial charge in [-0.2, -0.15) is 4.99 Å². The molecular weight excluding hydrogens is 546 g/mol. The number of hydrogen-bond donors (Lipinski definition) is 0. The van der Waals surface area contributed by atoms with Gasteiger partial charge in [0.25, 0.3) is 5.91 Å². The molecule has 4 rings (SSSR count). The van der Waals surface area contributed by atoms with Crippen LogP contribution < -0.4 is 9.70 Å². The predicted octanol–water partition coefficient (Wildman–Crippen LogP) is 1.87. The number of thiazole rings is 1. The molecule has 0 unspecified atom stereocenters. The molecule has 0 spiro atoms. The van der Waals surface area contributed by atoms with Gasteiger partial charge in [0.2, 0.25) is 5.91 Å². The van der Waals surface area contributed by atoms with E-state index in [1.807, 2.05) is 12.1 Å². The second kappa shape index (κ2) is 11.9. The average molecular weight is 574 g/mol. The zero-order valence-corrected chi connectivity index (χ0v) is 23.0. The van der Waals surface area contributed by atoms with Crippen LogP contribution in [-0.2, 0) is 46.7 Å². The number of ether oxygens (including phenoxy) is 2. The van der Waals surface area contributed by atoms with Crippen molar-refractivity contribution in [3.63, 3.8) is 0 Å². The molecule has 0 atom stereocenters. The Morgan fingerprint density at radius 3 is 2.59 bits per heavy atom. The molecule has 3 aromatic rings. The third kappa shape index (κ3) is 6.60. The Bertz CT molecular complexity index is 1620. The molecule has 206 valence electrons. The van der Waals surface area contributed by atoms with Crippen LogP contribution in [0.25, 0.3) is 10.2 Å². The number of carbonyl (C=O) groups is 4. The first-order chi connectivity index (χ1) is 18.6. The van der Waals surface area contributed by atoms with E-state index in [1.54, 1.807) is 25.1 Å². The summed E-state index contributed by atoms with van der Waals surface area (Å²) in [5, 5.41) is 0. The molecule has 0 fully saturated rings. The summed E-state index contributed by atoms with van der Waals surface area (Å²) in [6, 6.07) is 11.9. The smallest absolute Gasteiger partial charge is 0.337 e. The molecule has 2 amide bonds. The number of esters is 2. The van der Waals surface area contributed by atoms with Gasteiger partial charge in [0.05, 0.1) is 29.5 Å². The first-order valence-electron chi connectivity index (χ1n) is 12.2. The Balaban J connectivity index is 1.59. The van der Waals surface area contributed by atoms with Crippen LogP contribution in [0.5, 0.6) is 0 Å². The van der Waals surface area contributed by atoms with Gasteiger partial charge in [0.15, 0.2) is 14.6 Å². The van der Waals surface area contributed by atoms with Crippen molar-refractivity contribution >= 4 is 60.8 Å². The number of hydrogen-bond acceptors (Lipinski definition) is 9. The predicted molar refractivity (Wildman–Crippen MR) is 144 cm³/mol. The topological polar surface area (TPSA) is 141 Å². The highest BCUT2D eigenvalue weighted by Gasteiger charge is 2.28. The van der Waals surface area contributed by atoms with Gasteiger partial charge in [-0.3, -0.25) is 14.4 Å². The minimum atomic E-state index is -4.14. The third-order valence-electron chi connectivity index (χ3n) is 6.01. The summed E-state index contributed by atoms with van der Waals surface area (Å²) in [5.41, 5.74) is 2.39. The Labute approximate surface area is 228 Å². The van der Waals surface area contributed by atoms with Gasteiger partial charge in [-0.05, 0) is 49.6 Å². The molecule has 0 saturated carbocycles. The number of aromatic nitrogens is 1. The molecule has 2 heterocycles. The van der Waals surface area contributed by atoms with Gasteiger partial charge < -0.3 is 18.9 Å². The van der Waals surface area contributed by atoms with Crippen molar-refractivity contribution in [2.24, 2.45) is 4.99 Å². The van der Waals surface area contributed by atoms with Gasteiger partial charge in [0, 0.05) is 12.2 Å². The average Bonchev–Trinajstić information content (AvgIpc) is 3.22. The molecule has 11 nitrogen and oxygen atoms in total.